The maximum absolute atomic E-state index is 12.2. The highest BCUT2D eigenvalue weighted by Crippen LogP contribution is 2.28. The number of aromatic amines is 1. The van der Waals surface area contributed by atoms with Gasteiger partial charge in [-0.15, -0.1) is 0 Å². The van der Waals surface area contributed by atoms with Crippen LogP contribution in [0.3, 0.4) is 0 Å². The van der Waals surface area contributed by atoms with Gasteiger partial charge in [-0.2, -0.15) is 5.10 Å². The molecular weight excluding hydrogens is 334 g/mol. The highest BCUT2D eigenvalue weighted by molar-refractivity contribution is 7.89. The number of rotatable bonds is 5. The van der Waals surface area contributed by atoms with E-state index in [2.05, 4.69) is 24.0 Å². The maximum atomic E-state index is 12.2. The second kappa shape index (κ2) is 6.63. The summed E-state index contributed by atoms with van der Waals surface area (Å²) in [5.74, 6) is 0.343. The Morgan fingerprint density at radius 1 is 1.30 bits per heavy atom. The maximum Gasteiger partial charge on any atom is 0.244 e. The number of hydrogen-bond donors (Lipinski definition) is 1. The van der Waals surface area contributed by atoms with Crippen LogP contribution in [-0.2, 0) is 16.4 Å². The average molecular weight is 356 g/mol. The van der Waals surface area contributed by atoms with Gasteiger partial charge >= 0.3 is 0 Å². The molecule has 0 aliphatic rings. The zero-order valence-electron chi connectivity index (χ0n) is 14.0. The van der Waals surface area contributed by atoms with E-state index in [9.17, 15) is 8.42 Å². The van der Waals surface area contributed by atoms with Crippen molar-refractivity contribution in [2.75, 3.05) is 14.1 Å². The van der Waals surface area contributed by atoms with Crippen LogP contribution in [0.25, 0.3) is 0 Å². The lowest BCUT2D eigenvalue weighted by Crippen LogP contribution is -2.22. The molecule has 0 spiro atoms. The average Bonchev–Trinajstić information content (AvgIpc) is 2.80. The van der Waals surface area contributed by atoms with Crippen molar-refractivity contribution in [1.82, 2.24) is 14.5 Å². The van der Waals surface area contributed by atoms with E-state index in [1.165, 1.54) is 14.1 Å². The smallest absolute Gasteiger partial charge is 0.244 e. The third-order valence-corrected chi connectivity index (χ3v) is 6.12. The lowest BCUT2D eigenvalue weighted by Gasteiger charge is -2.14. The summed E-state index contributed by atoms with van der Waals surface area (Å²) in [4.78, 5) is 0.126. The van der Waals surface area contributed by atoms with E-state index >= 15 is 0 Å². The largest absolute Gasteiger partial charge is 0.282 e. The highest BCUT2D eigenvalue weighted by atomic mass is 35.5. The highest BCUT2D eigenvalue weighted by Gasteiger charge is 2.21. The lowest BCUT2D eigenvalue weighted by molar-refractivity contribution is 0.521. The molecule has 0 bridgehead atoms. The summed E-state index contributed by atoms with van der Waals surface area (Å²) in [7, 11) is -0.554. The molecule has 0 radical (unpaired) electrons. The van der Waals surface area contributed by atoms with Crippen molar-refractivity contribution >= 4 is 21.6 Å². The Labute approximate surface area is 142 Å². The van der Waals surface area contributed by atoms with Crippen LogP contribution in [0.4, 0.5) is 0 Å². The van der Waals surface area contributed by atoms with Gasteiger partial charge in [0.15, 0.2) is 0 Å². The van der Waals surface area contributed by atoms with Crippen LogP contribution in [0.2, 0.25) is 5.02 Å². The predicted octanol–water partition coefficient (Wildman–Crippen LogP) is 3.34. The first-order chi connectivity index (χ1) is 10.6. The standard InChI is InChI=1S/C16H22ClN3O2S/c1-10(2)16-13(11(3)18-19-16)8-12-6-7-15(14(17)9-12)23(21,22)20(4)5/h6-7,9-10H,8H2,1-5H3,(H,18,19). The first-order valence-electron chi connectivity index (χ1n) is 7.39. The number of halogens is 1. The van der Waals surface area contributed by atoms with Crippen LogP contribution < -0.4 is 0 Å². The number of sulfonamides is 1. The fourth-order valence-electron chi connectivity index (χ4n) is 2.44. The Balaban J connectivity index is 2.38. The Bertz CT molecular complexity index is 811. The van der Waals surface area contributed by atoms with Gasteiger partial charge in [-0.25, -0.2) is 12.7 Å². The lowest BCUT2D eigenvalue weighted by atomic mass is 9.98. The molecule has 0 saturated heterocycles. The van der Waals surface area contributed by atoms with E-state index in [0.29, 0.717) is 12.3 Å². The van der Waals surface area contributed by atoms with Crippen LogP contribution in [0.15, 0.2) is 23.1 Å². The molecule has 0 atom stereocenters. The van der Waals surface area contributed by atoms with E-state index in [-0.39, 0.29) is 9.92 Å². The molecule has 0 unspecified atom stereocenters. The van der Waals surface area contributed by atoms with Crippen LogP contribution in [0.1, 0.15) is 42.3 Å². The van der Waals surface area contributed by atoms with Crippen molar-refractivity contribution < 1.29 is 8.42 Å². The fraction of sp³-hybridized carbons (Fsp3) is 0.438. The molecule has 0 aliphatic heterocycles. The zero-order chi connectivity index (χ0) is 17.4. The van der Waals surface area contributed by atoms with Gasteiger partial charge in [0.05, 0.1) is 10.7 Å². The molecule has 1 aromatic carbocycles. The normalized spacial score (nSPS) is 12.3. The van der Waals surface area contributed by atoms with Gasteiger partial charge in [0.1, 0.15) is 4.90 Å². The number of benzene rings is 1. The minimum atomic E-state index is -3.53. The van der Waals surface area contributed by atoms with Gasteiger partial charge in [-0.1, -0.05) is 31.5 Å². The molecule has 126 valence electrons. The quantitative estimate of drug-likeness (QED) is 0.894. The van der Waals surface area contributed by atoms with Crippen LogP contribution in [0.5, 0.6) is 0 Å². The first-order valence-corrected chi connectivity index (χ1v) is 9.21. The van der Waals surface area contributed by atoms with E-state index in [1.807, 2.05) is 6.92 Å². The molecular formula is C16H22ClN3O2S. The topological polar surface area (TPSA) is 66.1 Å². The molecule has 0 aliphatic carbocycles. The SMILES string of the molecule is Cc1n[nH]c(C(C)C)c1Cc1ccc(S(=O)(=O)N(C)C)c(Cl)c1. The fourth-order valence-corrected chi connectivity index (χ4v) is 3.87. The van der Waals surface area contributed by atoms with Gasteiger partial charge < -0.3 is 0 Å². The Morgan fingerprint density at radius 3 is 2.48 bits per heavy atom. The van der Waals surface area contributed by atoms with Gasteiger partial charge in [0.25, 0.3) is 0 Å². The second-order valence-corrected chi connectivity index (χ2v) is 8.61. The Hall–Kier alpha value is -1.37. The molecule has 2 rings (SSSR count). The third-order valence-electron chi connectivity index (χ3n) is 3.82. The van der Waals surface area contributed by atoms with Gasteiger partial charge in [-0.05, 0) is 30.5 Å². The number of H-pyrrole nitrogens is 1. The van der Waals surface area contributed by atoms with E-state index in [0.717, 1.165) is 26.8 Å². The van der Waals surface area contributed by atoms with Crippen LogP contribution in [-0.4, -0.2) is 37.0 Å². The molecule has 1 N–H and O–H groups in total. The number of hydrogen-bond acceptors (Lipinski definition) is 3. The summed E-state index contributed by atoms with van der Waals surface area (Å²) >= 11 is 6.21. The van der Waals surface area contributed by atoms with Crippen molar-refractivity contribution in [3.63, 3.8) is 0 Å². The van der Waals surface area contributed by atoms with Crippen molar-refractivity contribution in [3.8, 4) is 0 Å². The van der Waals surface area contributed by atoms with Crippen molar-refractivity contribution in [2.45, 2.75) is 38.0 Å². The van der Waals surface area contributed by atoms with E-state index in [1.54, 1.807) is 18.2 Å². The first kappa shape index (κ1) is 18.0. The van der Waals surface area contributed by atoms with Crippen LogP contribution >= 0.6 is 11.6 Å². The van der Waals surface area contributed by atoms with Crippen molar-refractivity contribution in [1.29, 1.82) is 0 Å². The summed E-state index contributed by atoms with van der Waals surface area (Å²) in [6.07, 6.45) is 0.665. The zero-order valence-corrected chi connectivity index (χ0v) is 15.6. The number of nitrogens with one attached hydrogen (secondary N) is 1. The van der Waals surface area contributed by atoms with E-state index in [4.69, 9.17) is 11.6 Å². The summed E-state index contributed by atoms with van der Waals surface area (Å²) < 4.78 is 25.6. The monoisotopic (exact) mass is 355 g/mol. The molecule has 0 fully saturated rings. The Kier molecular flexibility index (Phi) is 5.18. The predicted molar refractivity (Wildman–Crippen MR) is 92.5 cm³/mol. The van der Waals surface area contributed by atoms with Crippen LogP contribution in [0, 0.1) is 6.92 Å². The summed E-state index contributed by atoms with van der Waals surface area (Å²) in [6, 6.07) is 5.09. The summed E-state index contributed by atoms with van der Waals surface area (Å²) in [6.45, 7) is 6.18. The molecule has 5 nitrogen and oxygen atoms in total. The molecule has 0 saturated carbocycles. The summed E-state index contributed by atoms with van der Waals surface area (Å²) in [5, 5.41) is 7.59. The number of aromatic nitrogens is 2. The molecule has 1 aromatic heterocycles. The molecule has 7 heteroatoms. The minimum Gasteiger partial charge on any atom is -0.282 e. The molecule has 23 heavy (non-hydrogen) atoms. The number of nitrogens with zero attached hydrogens (tertiary/aromatic N) is 2. The molecule has 2 aromatic rings. The van der Waals surface area contributed by atoms with E-state index < -0.39 is 10.0 Å². The Morgan fingerprint density at radius 2 is 1.96 bits per heavy atom. The van der Waals surface area contributed by atoms with Gasteiger partial charge in [-0.3, -0.25) is 5.10 Å². The van der Waals surface area contributed by atoms with Gasteiger partial charge in [0, 0.05) is 31.8 Å². The van der Waals surface area contributed by atoms with Crippen molar-refractivity contribution in [3.05, 3.63) is 45.7 Å². The minimum absolute atomic E-state index is 0.126. The summed E-state index contributed by atoms with van der Waals surface area (Å²) in [5.41, 5.74) is 4.15. The van der Waals surface area contributed by atoms with Crippen molar-refractivity contribution in [2.24, 2.45) is 0 Å². The third kappa shape index (κ3) is 3.59. The molecule has 1 heterocycles. The number of aryl methyl sites for hydroxylation is 1. The second-order valence-electron chi connectivity index (χ2n) is 6.08. The molecule has 0 amide bonds. The van der Waals surface area contributed by atoms with Gasteiger partial charge in [0.2, 0.25) is 10.0 Å².